The molecule has 0 saturated heterocycles. The van der Waals surface area contributed by atoms with Crippen LogP contribution in [-0.2, 0) is 4.79 Å². The molecule has 2 aromatic rings. The van der Waals surface area contributed by atoms with Gasteiger partial charge in [-0.15, -0.1) is 0 Å². The lowest BCUT2D eigenvalue weighted by atomic mass is 10.2. The molecular weight excluding hydrogens is 411 g/mol. The van der Waals surface area contributed by atoms with Crippen LogP contribution in [0.5, 0.6) is 17.2 Å². The Kier molecular flexibility index (Phi) is 6.21. The maximum absolute atomic E-state index is 11.7. The number of hydrogen-bond donors (Lipinski definition) is 2. The molecule has 7 heteroatoms. The van der Waals surface area contributed by atoms with Crippen molar-refractivity contribution in [3.8, 4) is 17.2 Å². The molecule has 1 amide bonds. The summed E-state index contributed by atoms with van der Waals surface area (Å²) in [5.74, 6) is 0.863. The summed E-state index contributed by atoms with van der Waals surface area (Å²) in [5.41, 5.74) is 3.13. The minimum absolute atomic E-state index is 0.176. The Morgan fingerprint density at radius 2 is 2.04 bits per heavy atom. The summed E-state index contributed by atoms with van der Waals surface area (Å²) >= 11 is 2.01. The number of carbonyl (C=O) groups excluding carboxylic acids is 1. The normalized spacial score (nSPS) is 10.5. The highest BCUT2D eigenvalue weighted by molar-refractivity contribution is 14.1. The molecule has 0 saturated carbocycles. The highest BCUT2D eigenvalue weighted by Gasteiger charge is 2.06. The quantitative estimate of drug-likeness (QED) is 0.423. The van der Waals surface area contributed by atoms with Gasteiger partial charge in [-0.2, -0.15) is 5.10 Å². The zero-order valence-electron chi connectivity index (χ0n) is 12.3. The molecule has 0 fully saturated rings. The summed E-state index contributed by atoms with van der Waals surface area (Å²) in [5, 5.41) is 13.3. The SMILES string of the molecule is COc1ccccc1OCC(=O)N/N=C\c1ccc(O)c(I)c1. The van der Waals surface area contributed by atoms with E-state index in [1.165, 1.54) is 13.3 Å². The molecular formula is C16H15IN2O4. The zero-order chi connectivity index (χ0) is 16.7. The van der Waals surface area contributed by atoms with Crippen molar-refractivity contribution >= 4 is 34.7 Å². The van der Waals surface area contributed by atoms with Crippen LogP contribution in [-0.4, -0.2) is 30.9 Å². The third kappa shape index (κ3) is 5.13. The first-order chi connectivity index (χ1) is 11.1. The van der Waals surface area contributed by atoms with E-state index in [1.54, 1.807) is 36.4 Å². The average molecular weight is 426 g/mol. The van der Waals surface area contributed by atoms with Crippen LogP contribution >= 0.6 is 22.6 Å². The van der Waals surface area contributed by atoms with Crippen LogP contribution in [0.25, 0.3) is 0 Å². The minimum Gasteiger partial charge on any atom is -0.507 e. The van der Waals surface area contributed by atoms with E-state index in [9.17, 15) is 9.90 Å². The smallest absolute Gasteiger partial charge is 0.277 e. The Hall–Kier alpha value is -2.29. The average Bonchev–Trinajstić information content (AvgIpc) is 2.56. The van der Waals surface area contributed by atoms with E-state index in [0.717, 1.165) is 5.56 Å². The van der Waals surface area contributed by atoms with Gasteiger partial charge >= 0.3 is 0 Å². The summed E-state index contributed by atoms with van der Waals surface area (Å²) in [6.45, 7) is -0.176. The molecule has 23 heavy (non-hydrogen) atoms. The Morgan fingerprint density at radius 1 is 1.30 bits per heavy atom. The molecule has 0 atom stereocenters. The Bertz CT molecular complexity index is 719. The number of phenolic OH excluding ortho intramolecular Hbond substituents is 1. The topological polar surface area (TPSA) is 80.2 Å². The highest BCUT2D eigenvalue weighted by Crippen LogP contribution is 2.25. The minimum atomic E-state index is -0.388. The number of ether oxygens (including phenoxy) is 2. The molecule has 0 radical (unpaired) electrons. The van der Waals surface area contributed by atoms with Gasteiger partial charge in [0.2, 0.25) is 0 Å². The van der Waals surface area contributed by atoms with Crippen LogP contribution in [0.1, 0.15) is 5.56 Å². The molecule has 2 N–H and O–H groups in total. The summed E-state index contributed by atoms with van der Waals surface area (Å²) in [7, 11) is 1.53. The standard InChI is InChI=1S/C16H15IN2O4/c1-22-14-4-2-3-5-15(14)23-10-16(21)19-18-9-11-6-7-13(20)12(17)8-11/h2-9,20H,10H2,1H3,(H,19,21)/b18-9-. The van der Waals surface area contributed by atoms with E-state index >= 15 is 0 Å². The molecule has 2 rings (SSSR count). The van der Waals surface area contributed by atoms with E-state index in [4.69, 9.17) is 9.47 Å². The summed E-state index contributed by atoms with van der Waals surface area (Å²) < 4.78 is 11.2. The van der Waals surface area contributed by atoms with Crippen LogP contribution in [0, 0.1) is 3.57 Å². The lowest BCUT2D eigenvalue weighted by Crippen LogP contribution is -2.24. The van der Waals surface area contributed by atoms with Crippen LogP contribution in [0.15, 0.2) is 47.6 Å². The number of amides is 1. The Labute approximate surface area is 147 Å². The van der Waals surface area contributed by atoms with Crippen molar-refractivity contribution in [1.82, 2.24) is 5.43 Å². The van der Waals surface area contributed by atoms with Gasteiger partial charge in [-0.25, -0.2) is 5.43 Å². The second kappa shape index (κ2) is 8.37. The fourth-order valence-corrected chi connectivity index (χ4v) is 2.24. The van der Waals surface area contributed by atoms with Gasteiger partial charge in [0.25, 0.3) is 5.91 Å². The number of aromatic hydroxyl groups is 1. The van der Waals surface area contributed by atoms with Gasteiger partial charge < -0.3 is 14.6 Å². The number of hydrazone groups is 1. The maximum Gasteiger partial charge on any atom is 0.277 e. The van der Waals surface area contributed by atoms with Crippen molar-refractivity contribution in [3.05, 3.63) is 51.6 Å². The van der Waals surface area contributed by atoms with Crippen LogP contribution in [0.3, 0.4) is 0 Å². The fourth-order valence-electron chi connectivity index (χ4n) is 1.70. The number of nitrogens with one attached hydrogen (secondary N) is 1. The third-order valence-corrected chi connectivity index (χ3v) is 3.67. The number of rotatable bonds is 6. The zero-order valence-corrected chi connectivity index (χ0v) is 14.5. The lowest BCUT2D eigenvalue weighted by molar-refractivity contribution is -0.123. The molecule has 0 bridgehead atoms. The number of nitrogens with zero attached hydrogens (tertiary/aromatic N) is 1. The first-order valence-electron chi connectivity index (χ1n) is 6.66. The van der Waals surface area contributed by atoms with Crippen molar-refractivity contribution < 1.29 is 19.4 Å². The number of hydrogen-bond acceptors (Lipinski definition) is 5. The van der Waals surface area contributed by atoms with Gasteiger partial charge in [-0.3, -0.25) is 4.79 Å². The van der Waals surface area contributed by atoms with Gasteiger partial charge in [0.15, 0.2) is 18.1 Å². The molecule has 0 aliphatic carbocycles. The second-order valence-corrected chi connectivity index (χ2v) is 5.61. The van der Waals surface area contributed by atoms with Gasteiger partial charge in [-0.1, -0.05) is 12.1 Å². The van der Waals surface area contributed by atoms with Crippen molar-refractivity contribution in [2.45, 2.75) is 0 Å². The lowest BCUT2D eigenvalue weighted by Gasteiger charge is -2.09. The monoisotopic (exact) mass is 426 g/mol. The van der Waals surface area contributed by atoms with Crippen LogP contribution < -0.4 is 14.9 Å². The summed E-state index contributed by atoms with van der Waals surface area (Å²) in [6.07, 6.45) is 1.49. The number of phenols is 1. The molecule has 0 aliphatic rings. The number of methoxy groups -OCH3 is 1. The van der Waals surface area contributed by atoms with Crippen molar-refractivity contribution in [3.63, 3.8) is 0 Å². The predicted molar refractivity (Wildman–Crippen MR) is 95.0 cm³/mol. The molecule has 120 valence electrons. The summed E-state index contributed by atoms with van der Waals surface area (Å²) in [6, 6.07) is 12.1. The number of para-hydroxylation sites is 2. The molecule has 0 aliphatic heterocycles. The third-order valence-electron chi connectivity index (χ3n) is 2.80. The molecule has 0 aromatic heterocycles. The Morgan fingerprint density at radius 3 is 2.74 bits per heavy atom. The van der Waals surface area contributed by atoms with Crippen molar-refractivity contribution in [1.29, 1.82) is 0 Å². The van der Waals surface area contributed by atoms with E-state index in [0.29, 0.717) is 15.1 Å². The van der Waals surface area contributed by atoms with Crippen LogP contribution in [0.4, 0.5) is 0 Å². The largest absolute Gasteiger partial charge is 0.507 e. The maximum atomic E-state index is 11.7. The molecule has 6 nitrogen and oxygen atoms in total. The van der Waals surface area contributed by atoms with Crippen molar-refractivity contribution in [2.24, 2.45) is 5.10 Å². The number of carbonyl (C=O) groups is 1. The van der Waals surface area contributed by atoms with Crippen molar-refractivity contribution in [2.75, 3.05) is 13.7 Å². The van der Waals surface area contributed by atoms with Gasteiger partial charge in [0, 0.05) is 0 Å². The second-order valence-electron chi connectivity index (χ2n) is 4.44. The molecule has 2 aromatic carbocycles. The first kappa shape index (κ1) is 17.1. The van der Waals surface area contributed by atoms with Gasteiger partial charge in [0.1, 0.15) is 5.75 Å². The number of benzene rings is 2. The molecule has 0 spiro atoms. The van der Waals surface area contributed by atoms with Crippen LogP contribution in [0.2, 0.25) is 0 Å². The predicted octanol–water partition coefficient (Wildman–Crippen LogP) is 2.53. The summed E-state index contributed by atoms with van der Waals surface area (Å²) in [4.78, 5) is 11.7. The number of halogens is 1. The molecule has 0 heterocycles. The Balaban J connectivity index is 1.85. The van der Waals surface area contributed by atoms with E-state index < -0.39 is 0 Å². The van der Waals surface area contributed by atoms with E-state index in [1.807, 2.05) is 28.7 Å². The highest BCUT2D eigenvalue weighted by atomic mass is 127. The van der Waals surface area contributed by atoms with Gasteiger partial charge in [-0.05, 0) is 58.5 Å². The fraction of sp³-hybridized carbons (Fsp3) is 0.125. The van der Waals surface area contributed by atoms with E-state index in [-0.39, 0.29) is 18.3 Å². The van der Waals surface area contributed by atoms with Gasteiger partial charge in [0.05, 0.1) is 16.9 Å². The first-order valence-corrected chi connectivity index (χ1v) is 7.74. The van der Waals surface area contributed by atoms with E-state index in [2.05, 4.69) is 10.5 Å². The molecule has 0 unspecified atom stereocenters.